The number of para-hydroxylation sites is 1. The van der Waals surface area contributed by atoms with E-state index >= 15 is 0 Å². The van der Waals surface area contributed by atoms with Gasteiger partial charge in [0.25, 0.3) is 0 Å². The maximum Gasteiger partial charge on any atom is 0.329 e. The number of esters is 1. The van der Waals surface area contributed by atoms with Crippen LogP contribution in [0.15, 0.2) is 35.3 Å². The van der Waals surface area contributed by atoms with Crippen LogP contribution in [-0.4, -0.2) is 36.2 Å². The van der Waals surface area contributed by atoms with Gasteiger partial charge in [-0.2, -0.15) is 0 Å². The number of unbranched alkanes of at least 4 members (excludes halogenated alkanes) is 1. The number of rotatable bonds is 8. The lowest BCUT2D eigenvalue weighted by atomic mass is 10.1. The Labute approximate surface area is 129 Å². The van der Waals surface area contributed by atoms with Gasteiger partial charge in [-0.3, -0.25) is 9.59 Å². The number of aliphatic imine (C=N–C) groups is 1. The van der Waals surface area contributed by atoms with Crippen LogP contribution in [0.4, 0.5) is 5.69 Å². The zero-order valence-electron chi connectivity index (χ0n) is 12.8. The summed E-state index contributed by atoms with van der Waals surface area (Å²) in [5.41, 5.74) is 0.518. The first-order valence-corrected chi connectivity index (χ1v) is 7.26. The molecule has 0 bridgehead atoms. The first-order valence-electron chi connectivity index (χ1n) is 7.26. The zero-order valence-corrected chi connectivity index (χ0v) is 12.8. The van der Waals surface area contributed by atoms with E-state index < -0.39 is 17.9 Å². The lowest BCUT2D eigenvalue weighted by molar-refractivity contribution is -0.155. The molecular weight excluding hydrogens is 286 g/mol. The minimum atomic E-state index is -1.56. The first kappa shape index (κ1) is 17.7. The molecule has 0 heterocycles. The summed E-state index contributed by atoms with van der Waals surface area (Å²) in [7, 11) is 0. The monoisotopic (exact) mass is 307 g/mol. The molecule has 1 atom stereocenters. The number of hydrogen-bond acceptors (Lipinski definition) is 5. The lowest BCUT2D eigenvalue weighted by Crippen LogP contribution is -2.35. The van der Waals surface area contributed by atoms with Crippen molar-refractivity contribution in [3.63, 3.8) is 0 Å². The summed E-state index contributed by atoms with van der Waals surface area (Å²) in [6, 6.07) is 8.75. The van der Waals surface area contributed by atoms with Gasteiger partial charge in [0.2, 0.25) is 11.8 Å². The molecule has 0 fully saturated rings. The Bertz CT molecular complexity index is 513. The Hall–Kier alpha value is -2.37. The third-order valence-corrected chi connectivity index (χ3v) is 2.76. The maximum absolute atomic E-state index is 11.9. The van der Waals surface area contributed by atoms with E-state index in [0.29, 0.717) is 12.3 Å². The number of ether oxygens (including phenoxy) is 2. The molecule has 0 saturated heterocycles. The Kier molecular flexibility index (Phi) is 7.67. The topological polar surface area (TPSA) is 85.2 Å². The summed E-state index contributed by atoms with van der Waals surface area (Å²) in [4.78, 5) is 27.5. The van der Waals surface area contributed by atoms with Crippen LogP contribution in [-0.2, 0) is 19.1 Å². The van der Waals surface area contributed by atoms with E-state index in [-0.39, 0.29) is 12.5 Å². The Morgan fingerprint density at radius 1 is 1.18 bits per heavy atom. The Morgan fingerprint density at radius 2 is 1.86 bits per heavy atom. The van der Waals surface area contributed by atoms with Crippen molar-refractivity contribution in [1.82, 2.24) is 0 Å². The number of carbonyl (C=O) groups is 2. The molecule has 1 aromatic carbocycles. The number of carbonyl (C=O) groups excluding carboxylic acids is 1. The van der Waals surface area contributed by atoms with Gasteiger partial charge in [0.15, 0.2) is 0 Å². The summed E-state index contributed by atoms with van der Waals surface area (Å²) in [6.45, 7) is 3.99. The lowest BCUT2D eigenvalue weighted by Gasteiger charge is -2.15. The van der Waals surface area contributed by atoms with Crippen LogP contribution in [0.25, 0.3) is 0 Å². The molecule has 0 amide bonds. The van der Waals surface area contributed by atoms with E-state index in [9.17, 15) is 14.7 Å². The number of hydrogen-bond donors (Lipinski definition) is 1. The molecule has 0 aromatic heterocycles. The summed E-state index contributed by atoms with van der Waals surface area (Å²) >= 11 is 0. The average Bonchev–Trinajstić information content (AvgIpc) is 2.48. The van der Waals surface area contributed by atoms with Crippen molar-refractivity contribution in [1.29, 1.82) is 0 Å². The van der Waals surface area contributed by atoms with Crippen LogP contribution >= 0.6 is 0 Å². The summed E-state index contributed by atoms with van der Waals surface area (Å²) in [6.07, 6.45) is 1.62. The van der Waals surface area contributed by atoms with Gasteiger partial charge in [0.05, 0.1) is 18.9 Å². The quantitative estimate of drug-likeness (QED) is 0.262. The van der Waals surface area contributed by atoms with Gasteiger partial charge in [-0.15, -0.1) is 0 Å². The fraction of sp³-hybridized carbons (Fsp3) is 0.438. The molecule has 0 aliphatic heterocycles. The molecule has 0 aliphatic rings. The summed E-state index contributed by atoms with van der Waals surface area (Å²) in [5, 5.41) is 9.31. The van der Waals surface area contributed by atoms with Gasteiger partial charge in [0.1, 0.15) is 0 Å². The maximum atomic E-state index is 11.9. The fourth-order valence-electron chi connectivity index (χ4n) is 1.66. The molecule has 22 heavy (non-hydrogen) atoms. The summed E-state index contributed by atoms with van der Waals surface area (Å²) < 4.78 is 10.3. The van der Waals surface area contributed by atoms with E-state index in [2.05, 4.69) is 4.99 Å². The van der Waals surface area contributed by atoms with Crippen LogP contribution in [0.5, 0.6) is 0 Å². The highest BCUT2D eigenvalue weighted by atomic mass is 16.5. The summed E-state index contributed by atoms with van der Waals surface area (Å²) in [5.74, 6) is -3.92. The van der Waals surface area contributed by atoms with Crippen molar-refractivity contribution in [2.75, 3.05) is 13.2 Å². The SMILES string of the molecule is CCCCOC(=Nc1ccccc1)C(C(=O)O)C(=O)OCC. The van der Waals surface area contributed by atoms with Gasteiger partial charge in [-0.05, 0) is 25.5 Å². The van der Waals surface area contributed by atoms with Crippen molar-refractivity contribution >= 4 is 23.5 Å². The second kappa shape index (κ2) is 9.55. The third kappa shape index (κ3) is 5.55. The fourth-order valence-corrected chi connectivity index (χ4v) is 1.66. The molecule has 6 nitrogen and oxygen atoms in total. The Morgan fingerprint density at radius 3 is 2.41 bits per heavy atom. The van der Waals surface area contributed by atoms with E-state index in [4.69, 9.17) is 9.47 Å². The minimum absolute atomic E-state index is 0.0934. The standard InChI is InChI=1S/C16H21NO5/c1-3-5-11-22-14(17-12-9-7-6-8-10-12)13(15(18)19)16(20)21-4-2/h6-10,13H,3-5,11H2,1-2H3,(H,18,19). The highest BCUT2D eigenvalue weighted by Crippen LogP contribution is 2.15. The zero-order chi connectivity index (χ0) is 16.4. The smallest absolute Gasteiger partial charge is 0.329 e. The minimum Gasteiger partial charge on any atom is -0.480 e. The molecule has 0 spiro atoms. The second-order valence-corrected chi connectivity index (χ2v) is 4.51. The molecule has 6 heteroatoms. The van der Waals surface area contributed by atoms with Gasteiger partial charge >= 0.3 is 11.9 Å². The van der Waals surface area contributed by atoms with Crippen molar-refractivity contribution in [3.05, 3.63) is 30.3 Å². The van der Waals surface area contributed by atoms with Crippen molar-refractivity contribution < 1.29 is 24.2 Å². The normalized spacial score (nSPS) is 12.5. The highest BCUT2D eigenvalue weighted by molar-refractivity contribution is 6.14. The number of nitrogens with zero attached hydrogens (tertiary/aromatic N) is 1. The van der Waals surface area contributed by atoms with Gasteiger partial charge < -0.3 is 14.6 Å². The van der Waals surface area contributed by atoms with Crippen molar-refractivity contribution in [2.24, 2.45) is 10.9 Å². The van der Waals surface area contributed by atoms with Gasteiger partial charge in [0, 0.05) is 0 Å². The largest absolute Gasteiger partial charge is 0.480 e. The van der Waals surface area contributed by atoms with Gasteiger partial charge in [-0.1, -0.05) is 31.5 Å². The van der Waals surface area contributed by atoms with E-state index in [1.54, 1.807) is 31.2 Å². The highest BCUT2D eigenvalue weighted by Gasteiger charge is 2.35. The van der Waals surface area contributed by atoms with Crippen LogP contribution in [0.3, 0.4) is 0 Å². The number of carboxylic acids is 1. The molecular formula is C16H21NO5. The molecule has 0 radical (unpaired) electrons. The van der Waals surface area contributed by atoms with E-state index in [1.165, 1.54) is 0 Å². The molecule has 1 unspecified atom stereocenters. The molecule has 1 rings (SSSR count). The van der Waals surface area contributed by atoms with Gasteiger partial charge in [-0.25, -0.2) is 4.99 Å². The van der Waals surface area contributed by atoms with Crippen LogP contribution in [0.1, 0.15) is 26.7 Å². The molecule has 0 aliphatic carbocycles. The van der Waals surface area contributed by atoms with Crippen molar-refractivity contribution in [2.45, 2.75) is 26.7 Å². The second-order valence-electron chi connectivity index (χ2n) is 4.51. The number of carboxylic acid groups (broad SMARTS) is 1. The van der Waals surface area contributed by atoms with Crippen molar-refractivity contribution in [3.8, 4) is 0 Å². The number of aliphatic carboxylic acids is 1. The first-order chi connectivity index (χ1) is 10.6. The molecule has 1 N–H and O–H groups in total. The molecule has 120 valence electrons. The van der Waals surface area contributed by atoms with E-state index in [0.717, 1.165) is 12.8 Å². The van der Waals surface area contributed by atoms with E-state index in [1.807, 2.05) is 13.0 Å². The van der Waals surface area contributed by atoms with Crippen LogP contribution in [0, 0.1) is 5.92 Å². The van der Waals surface area contributed by atoms with Crippen LogP contribution < -0.4 is 0 Å². The predicted octanol–water partition coefficient (Wildman–Crippen LogP) is 2.80. The predicted molar refractivity (Wildman–Crippen MR) is 82.2 cm³/mol. The molecule has 1 aromatic rings. The van der Waals surface area contributed by atoms with Crippen LogP contribution in [0.2, 0.25) is 0 Å². The molecule has 0 saturated carbocycles. The number of benzene rings is 1. The Balaban J connectivity index is 3.07. The average molecular weight is 307 g/mol. The third-order valence-electron chi connectivity index (χ3n) is 2.76.